The van der Waals surface area contributed by atoms with Crippen LogP contribution in [-0.4, -0.2) is 73.0 Å². The largest absolute Gasteiger partial charge is 0.342 e. The molecule has 0 N–H and O–H groups in total. The van der Waals surface area contributed by atoms with Crippen LogP contribution in [0.4, 0.5) is 0 Å². The highest BCUT2D eigenvalue weighted by Crippen LogP contribution is 2.14. The minimum atomic E-state index is 0.346. The van der Waals surface area contributed by atoms with Crippen LogP contribution in [0.2, 0.25) is 0 Å². The summed E-state index contributed by atoms with van der Waals surface area (Å²) < 4.78 is 0. The Morgan fingerprint density at radius 3 is 2.00 bits per heavy atom. The van der Waals surface area contributed by atoms with E-state index in [9.17, 15) is 4.79 Å². The number of piperidine rings is 1. The number of rotatable bonds is 5. The molecule has 2 heterocycles. The molecule has 0 aliphatic carbocycles. The fourth-order valence-electron chi connectivity index (χ4n) is 3.18. The van der Waals surface area contributed by atoms with Gasteiger partial charge in [0.25, 0.3) is 0 Å². The van der Waals surface area contributed by atoms with E-state index < -0.39 is 0 Å². The van der Waals surface area contributed by atoms with E-state index in [2.05, 4.69) is 35.5 Å². The Morgan fingerprint density at radius 1 is 0.857 bits per heavy atom. The molecular formula is C17H33N3O. The fraction of sp³-hybridized carbons (Fsp3) is 0.941. The quantitative estimate of drug-likeness (QED) is 0.775. The Kier molecular flexibility index (Phi) is 6.49. The standard InChI is InChI=1S/C17H33N3O/c1-15(2)16(3)13-18-9-11-19(12-10-18)14-17(21)20-7-5-4-6-8-20/h15-16H,4-14H2,1-3H3. The van der Waals surface area contributed by atoms with Crippen molar-refractivity contribution in [2.75, 3.05) is 52.4 Å². The topological polar surface area (TPSA) is 26.8 Å². The van der Waals surface area contributed by atoms with Crippen molar-refractivity contribution in [1.29, 1.82) is 0 Å². The highest BCUT2D eigenvalue weighted by Gasteiger charge is 2.23. The van der Waals surface area contributed by atoms with Gasteiger partial charge in [-0.1, -0.05) is 20.8 Å². The van der Waals surface area contributed by atoms with Gasteiger partial charge < -0.3 is 9.80 Å². The van der Waals surface area contributed by atoms with Gasteiger partial charge in [-0.2, -0.15) is 0 Å². The second-order valence-electron chi connectivity index (χ2n) is 7.24. The lowest BCUT2D eigenvalue weighted by Gasteiger charge is -2.37. The van der Waals surface area contributed by atoms with Gasteiger partial charge in [0.2, 0.25) is 5.91 Å². The van der Waals surface area contributed by atoms with Crippen LogP contribution in [0.5, 0.6) is 0 Å². The van der Waals surface area contributed by atoms with E-state index in [1.165, 1.54) is 25.8 Å². The summed E-state index contributed by atoms with van der Waals surface area (Å²) in [7, 11) is 0. The number of piperazine rings is 1. The normalized spacial score (nSPS) is 23.5. The van der Waals surface area contributed by atoms with Crippen LogP contribution in [0.25, 0.3) is 0 Å². The van der Waals surface area contributed by atoms with Crippen LogP contribution in [0, 0.1) is 11.8 Å². The van der Waals surface area contributed by atoms with E-state index in [1.807, 2.05) is 0 Å². The molecule has 1 unspecified atom stereocenters. The summed E-state index contributed by atoms with van der Waals surface area (Å²) in [6.07, 6.45) is 3.66. The molecule has 1 amide bonds. The van der Waals surface area contributed by atoms with Gasteiger partial charge in [-0.25, -0.2) is 0 Å². The van der Waals surface area contributed by atoms with Crippen LogP contribution in [0.15, 0.2) is 0 Å². The van der Waals surface area contributed by atoms with Gasteiger partial charge in [-0.05, 0) is 31.1 Å². The lowest BCUT2D eigenvalue weighted by Crippen LogP contribution is -2.51. The van der Waals surface area contributed by atoms with Crippen molar-refractivity contribution in [2.45, 2.75) is 40.0 Å². The van der Waals surface area contributed by atoms with Crippen LogP contribution >= 0.6 is 0 Å². The lowest BCUT2D eigenvalue weighted by atomic mass is 9.97. The van der Waals surface area contributed by atoms with E-state index in [0.29, 0.717) is 12.5 Å². The molecule has 2 saturated heterocycles. The third-order valence-corrected chi connectivity index (χ3v) is 5.22. The molecule has 4 nitrogen and oxygen atoms in total. The summed E-state index contributed by atoms with van der Waals surface area (Å²) in [5, 5.41) is 0. The predicted molar refractivity (Wildman–Crippen MR) is 87.3 cm³/mol. The zero-order valence-electron chi connectivity index (χ0n) is 14.2. The van der Waals surface area contributed by atoms with E-state index in [1.54, 1.807) is 0 Å². The minimum Gasteiger partial charge on any atom is -0.342 e. The third-order valence-electron chi connectivity index (χ3n) is 5.22. The van der Waals surface area contributed by atoms with Gasteiger partial charge in [0.15, 0.2) is 0 Å². The van der Waals surface area contributed by atoms with Crippen molar-refractivity contribution in [3.63, 3.8) is 0 Å². The average Bonchev–Trinajstić information content (AvgIpc) is 2.50. The fourth-order valence-corrected chi connectivity index (χ4v) is 3.18. The molecule has 2 fully saturated rings. The lowest BCUT2D eigenvalue weighted by molar-refractivity contribution is -0.133. The Labute approximate surface area is 130 Å². The van der Waals surface area contributed by atoms with Gasteiger partial charge in [-0.3, -0.25) is 9.69 Å². The summed E-state index contributed by atoms with van der Waals surface area (Å²) >= 11 is 0. The molecule has 1 atom stereocenters. The molecular weight excluding hydrogens is 262 g/mol. The van der Waals surface area contributed by atoms with Crippen LogP contribution in [-0.2, 0) is 4.79 Å². The maximum atomic E-state index is 12.3. The van der Waals surface area contributed by atoms with Gasteiger partial charge in [0.1, 0.15) is 0 Å². The highest BCUT2D eigenvalue weighted by molar-refractivity contribution is 5.78. The van der Waals surface area contributed by atoms with E-state index in [-0.39, 0.29) is 0 Å². The number of carbonyl (C=O) groups excluding carboxylic acids is 1. The number of carbonyl (C=O) groups is 1. The van der Waals surface area contributed by atoms with Crippen LogP contribution in [0.3, 0.4) is 0 Å². The smallest absolute Gasteiger partial charge is 0.236 e. The number of likely N-dealkylation sites (tertiary alicyclic amines) is 1. The maximum absolute atomic E-state index is 12.3. The Hall–Kier alpha value is -0.610. The maximum Gasteiger partial charge on any atom is 0.236 e. The number of nitrogens with zero attached hydrogens (tertiary/aromatic N) is 3. The van der Waals surface area contributed by atoms with Crippen molar-refractivity contribution in [2.24, 2.45) is 11.8 Å². The Balaban J connectivity index is 1.67. The van der Waals surface area contributed by atoms with Crippen molar-refractivity contribution >= 4 is 5.91 Å². The second kappa shape index (κ2) is 8.14. The van der Waals surface area contributed by atoms with Crippen LogP contribution < -0.4 is 0 Å². The third kappa shape index (κ3) is 5.26. The summed E-state index contributed by atoms with van der Waals surface area (Å²) in [5.74, 6) is 1.86. The Bertz CT molecular complexity index is 318. The predicted octanol–water partition coefficient (Wildman–Crippen LogP) is 1.91. The first-order valence-electron chi connectivity index (χ1n) is 8.78. The molecule has 0 aromatic heterocycles. The van der Waals surface area contributed by atoms with Crippen molar-refractivity contribution in [3.8, 4) is 0 Å². The van der Waals surface area contributed by atoms with Crippen molar-refractivity contribution in [1.82, 2.24) is 14.7 Å². The molecule has 0 aromatic rings. The van der Waals surface area contributed by atoms with Crippen molar-refractivity contribution < 1.29 is 4.79 Å². The van der Waals surface area contributed by atoms with Crippen molar-refractivity contribution in [3.05, 3.63) is 0 Å². The molecule has 2 aliphatic heterocycles. The van der Waals surface area contributed by atoms with Gasteiger partial charge in [0.05, 0.1) is 6.54 Å². The number of hydrogen-bond acceptors (Lipinski definition) is 3. The molecule has 122 valence electrons. The number of hydrogen-bond donors (Lipinski definition) is 0. The molecule has 0 spiro atoms. The van der Waals surface area contributed by atoms with Gasteiger partial charge in [-0.15, -0.1) is 0 Å². The summed E-state index contributed by atoms with van der Waals surface area (Å²) in [4.78, 5) is 19.3. The zero-order valence-corrected chi connectivity index (χ0v) is 14.2. The zero-order chi connectivity index (χ0) is 15.2. The minimum absolute atomic E-state index is 0.346. The Morgan fingerprint density at radius 2 is 1.43 bits per heavy atom. The first-order chi connectivity index (χ1) is 10.1. The van der Waals surface area contributed by atoms with E-state index >= 15 is 0 Å². The molecule has 0 radical (unpaired) electrons. The summed E-state index contributed by atoms with van der Waals surface area (Å²) in [5.41, 5.74) is 0. The first kappa shape index (κ1) is 16.8. The van der Waals surface area contributed by atoms with Crippen LogP contribution in [0.1, 0.15) is 40.0 Å². The highest BCUT2D eigenvalue weighted by atomic mass is 16.2. The second-order valence-corrected chi connectivity index (χ2v) is 7.24. The molecule has 0 saturated carbocycles. The average molecular weight is 295 g/mol. The molecule has 2 rings (SSSR count). The van der Waals surface area contributed by atoms with Gasteiger partial charge in [0, 0.05) is 45.8 Å². The molecule has 0 bridgehead atoms. The number of amides is 1. The molecule has 0 aromatic carbocycles. The SMILES string of the molecule is CC(C)C(C)CN1CCN(CC(=O)N2CCCCC2)CC1. The summed E-state index contributed by atoms with van der Waals surface area (Å²) in [6.45, 7) is 15.1. The monoisotopic (exact) mass is 295 g/mol. The van der Waals surface area contributed by atoms with Gasteiger partial charge >= 0.3 is 0 Å². The van der Waals surface area contributed by atoms with E-state index in [0.717, 1.165) is 51.1 Å². The molecule has 2 aliphatic rings. The first-order valence-corrected chi connectivity index (χ1v) is 8.78. The summed E-state index contributed by atoms with van der Waals surface area (Å²) in [6, 6.07) is 0. The molecule has 21 heavy (non-hydrogen) atoms. The molecule has 4 heteroatoms. The van der Waals surface area contributed by atoms with E-state index in [4.69, 9.17) is 0 Å².